The van der Waals surface area contributed by atoms with E-state index >= 15 is 0 Å². The van der Waals surface area contributed by atoms with E-state index < -0.39 is 26.7 Å². The molecule has 0 saturated carbocycles. The van der Waals surface area contributed by atoms with Crippen molar-refractivity contribution in [2.24, 2.45) is 7.05 Å². The first-order valence-corrected chi connectivity index (χ1v) is 7.89. The summed E-state index contributed by atoms with van der Waals surface area (Å²) < 4.78 is 23.4. The van der Waals surface area contributed by atoms with Crippen molar-refractivity contribution in [2.75, 3.05) is 0 Å². The first-order valence-electron chi connectivity index (χ1n) is 4.66. The molecule has 0 aliphatic rings. The molecular weight excluding hydrogens is 288 g/mol. The van der Waals surface area contributed by atoms with E-state index in [1.54, 1.807) is 7.05 Å². The lowest BCUT2D eigenvalue weighted by Gasteiger charge is -2.28. The Labute approximate surface area is 102 Å². The smallest absolute Gasteiger partial charge is 0.368 e. The number of aromatic nitrogens is 3. The third kappa shape index (κ3) is 3.04. The van der Waals surface area contributed by atoms with Crippen molar-refractivity contribution in [1.82, 2.24) is 15.0 Å². The molecule has 0 amide bonds. The second-order valence-corrected chi connectivity index (χ2v) is 7.75. The summed E-state index contributed by atoms with van der Waals surface area (Å²) in [6, 6.07) is 0. The number of aliphatic hydroxyl groups is 1. The highest BCUT2D eigenvalue weighted by Crippen LogP contribution is 2.69. The Kier molecular flexibility index (Phi) is 4.14. The number of nitrogens with zero attached hydrogens (tertiary/aromatic N) is 3. The molecule has 18 heavy (non-hydrogen) atoms. The van der Waals surface area contributed by atoms with Gasteiger partial charge in [0.1, 0.15) is 0 Å². The lowest BCUT2D eigenvalue weighted by Crippen LogP contribution is -2.29. The Hall–Kier alpha value is -0.600. The maximum absolute atomic E-state index is 11.0. The van der Waals surface area contributed by atoms with E-state index in [1.807, 2.05) is 0 Å². The van der Waals surface area contributed by atoms with E-state index in [-0.39, 0.29) is 12.1 Å². The minimum absolute atomic E-state index is 0.236. The first kappa shape index (κ1) is 15.5. The summed E-state index contributed by atoms with van der Waals surface area (Å²) in [5, 5.41) is 13.3. The van der Waals surface area contributed by atoms with Crippen molar-refractivity contribution >= 4 is 15.2 Å². The van der Waals surface area contributed by atoms with E-state index in [9.17, 15) is 14.2 Å². The molecule has 0 aliphatic heterocycles. The third-order valence-electron chi connectivity index (χ3n) is 2.30. The van der Waals surface area contributed by atoms with Crippen LogP contribution < -0.4 is 0 Å². The fraction of sp³-hybridized carbons (Fsp3) is 0.667. The van der Waals surface area contributed by atoms with Crippen molar-refractivity contribution in [3.8, 4) is 0 Å². The molecule has 0 spiro atoms. The molecule has 1 rings (SSSR count). The van der Waals surface area contributed by atoms with E-state index in [0.717, 1.165) is 0 Å². The van der Waals surface area contributed by atoms with Crippen molar-refractivity contribution in [3.63, 3.8) is 0 Å². The lowest BCUT2D eigenvalue weighted by molar-refractivity contribution is 0.123. The summed E-state index contributed by atoms with van der Waals surface area (Å²) in [5.41, 5.74) is 0.248. The van der Waals surface area contributed by atoms with Gasteiger partial charge < -0.3 is 24.7 Å². The van der Waals surface area contributed by atoms with Gasteiger partial charge in [-0.1, -0.05) is 5.21 Å². The third-order valence-corrected chi connectivity index (χ3v) is 6.18. The zero-order valence-corrected chi connectivity index (χ0v) is 11.1. The van der Waals surface area contributed by atoms with E-state index in [4.69, 9.17) is 19.6 Å². The van der Waals surface area contributed by atoms with Crippen LogP contribution in [0.25, 0.3) is 0 Å². The molecule has 0 unspecified atom stereocenters. The van der Waals surface area contributed by atoms with Crippen LogP contribution in [0, 0.1) is 0 Å². The Morgan fingerprint density at radius 1 is 1.28 bits per heavy atom. The molecule has 104 valence electrons. The zero-order valence-electron chi connectivity index (χ0n) is 9.28. The van der Waals surface area contributed by atoms with Crippen LogP contribution in [-0.2, 0) is 22.6 Å². The standard InChI is InChI=1S/C6H13N3O7P2/c1-9-4-5(7-8-9)2-3-6(10,17(11,12)13)18(14,15)16/h4,10H,2-3H2,1H3,(H2,11,12,13)(H2,14,15,16). The first-order chi connectivity index (χ1) is 7.97. The number of hydrogen-bond donors (Lipinski definition) is 5. The van der Waals surface area contributed by atoms with Crippen molar-refractivity contribution in [3.05, 3.63) is 11.9 Å². The summed E-state index contributed by atoms with van der Waals surface area (Å²) >= 11 is 0. The molecule has 10 nitrogen and oxygen atoms in total. The van der Waals surface area contributed by atoms with Crippen LogP contribution in [0.15, 0.2) is 6.20 Å². The van der Waals surface area contributed by atoms with Crippen molar-refractivity contribution < 1.29 is 33.8 Å². The molecule has 1 aromatic rings. The number of hydrogen-bond acceptors (Lipinski definition) is 5. The maximum Gasteiger partial charge on any atom is 0.369 e. The largest absolute Gasteiger partial charge is 0.369 e. The van der Waals surface area contributed by atoms with E-state index in [1.165, 1.54) is 10.9 Å². The van der Waals surface area contributed by atoms with Gasteiger partial charge in [-0.15, -0.1) is 5.10 Å². The Balaban J connectivity index is 2.95. The van der Waals surface area contributed by atoms with Gasteiger partial charge in [0, 0.05) is 19.7 Å². The topological polar surface area (TPSA) is 166 Å². The number of rotatable bonds is 5. The normalized spacial score (nSPS) is 13.9. The summed E-state index contributed by atoms with van der Waals surface area (Å²) in [4.78, 5) is 35.5. The molecule has 0 aromatic carbocycles. The average Bonchev–Trinajstić information content (AvgIpc) is 2.57. The molecule has 1 aromatic heterocycles. The van der Waals surface area contributed by atoms with Gasteiger partial charge in [0.25, 0.3) is 5.08 Å². The van der Waals surface area contributed by atoms with Gasteiger partial charge in [0.15, 0.2) is 0 Å². The predicted octanol–water partition coefficient (Wildman–Crippen LogP) is -1.25. The molecule has 0 radical (unpaired) electrons. The van der Waals surface area contributed by atoms with Crippen LogP contribution in [0.4, 0.5) is 0 Å². The predicted molar refractivity (Wildman–Crippen MR) is 58.4 cm³/mol. The zero-order chi connectivity index (χ0) is 14.2. The average molecular weight is 301 g/mol. The summed E-state index contributed by atoms with van der Waals surface area (Å²) in [7, 11) is -9.25. The highest BCUT2D eigenvalue weighted by Gasteiger charge is 2.58. The Morgan fingerprint density at radius 2 is 1.78 bits per heavy atom. The minimum Gasteiger partial charge on any atom is -0.368 e. The molecule has 0 bridgehead atoms. The van der Waals surface area contributed by atoms with Crippen LogP contribution in [0.3, 0.4) is 0 Å². The van der Waals surface area contributed by atoms with Gasteiger partial charge in [-0.2, -0.15) is 0 Å². The quantitative estimate of drug-likeness (QED) is 0.417. The van der Waals surface area contributed by atoms with Crippen LogP contribution in [0.2, 0.25) is 0 Å². The summed E-state index contributed by atoms with van der Waals surface area (Å²) in [6.45, 7) is 0. The molecule has 1 heterocycles. The van der Waals surface area contributed by atoms with Crippen LogP contribution in [0.5, 0.6) is 0 Å². The monoisotopic (exact) mass is 301 g/mol. The SMILES string of the molecule is Cn1cc(CCC(O)(P(=O)(O)O)P(=O)(O)O)nn1. The highest BCUT2D eigenvalue weighted by atomic mass is 31.2. The molecule has 0 fully saturated rings. The molecule has 0 aliphatic carbocycles. The molecule has 0 saturated heterocycles. The van der Waals surface area contributed by atoms with Gasteiger partial charge in [-0.25, -0.2) is 0 Å². The number of aryl methyl sites for hydroxylation is 2. The lowest BCUT2D eigenvalue weighted by atomic mass is 10.2. The van der Waals surface area contributed by atoms with E-state index in [2.05, 4.69) is 10.3 Å². The van der Waals surface area contributed by atoms with Gasteiger partial charge in [-0.05, 0) is 6.42 Å². The minimum atomic E-state index is -5.40. The van der Waals surface area contributed by atoms with Crippen molar-refractivity contribution in [1.29, 1.82) is 0 Å². The van der Waals surface area contributed by atoms with Gasteiger partial charge >= 0.3 is 15.2 Å². The summed E-state index contributed by atoms with van der Waals surface area (Å²) in [6.07, 6.45) is 0.334. The maximum atomic E-state index is 11.0. The second kappa shape index (κ2) is 4.82. The van der Waals surface area contributed by atoms with Crippen LogP contribution >= 0.6 is 15.2 Å². The van der Waals surface area contributed by atoms with Gasteiger partial charge in [0.2, 0.25) is 0 Å². The van der Waals surface area contributed by atoms with Crippen molar-refractivity contribution in [2.45, 2.75) is 17.9 Å². The fourth-order valence-corrected chi connectivity index (χ4v) is 3.43. The second-order valence-electron chi connectivity index (χ2n) is 3.75. The fourth-order valence-electron chi connectivity index (χ4n) is 1.27. The molecular formula is C6H13N3O7P2. The molecule has 0 atom stereocenters. The summed E-state index contributed by atoms with van der Waals surface area (Å²) in [5.74, 6) is 0. The van der Waals surface area contributed by atoms with Crippen LogP contribution in [0.1, 0.15) is 12.1 Å². The molecule has 12 heteroatoms. The Morgan fingerprint density at radius 3 is 2.11 bits per heavy atom. The van der Waals surface area contributed by atoms with Gasteiger partial charge in [0.05, 0.1) is 5.69 Å². The van der Waals surface area contributed by atoms with Crippen LogP contribution in [-0.4, -0.2) is 44.8 Å². The van der Waals surface area contributed by atoms with Gasteiger partial charge in [-0.3, -0.25) is 13.8 Å². The molecule has 5 N–H and O–H groups in total. The highest BCUT2D eigenvalue weighted by molar-refractivity contribution is 7.72. The Bertz CT molecular complexity index is 495. The van der Waals surface area contributed by atoms with E-state index in [0.29, 0.717) is 0 Å².